The molecule has 0 amide bonds. The molecule has 228 valence electrons. The highest BCUT2D eigenvalue weighted by Crippen LogP contribution is 2.40. The Hall–Kier alpha value is -3.21. The Balaban J connectivity index is 1.89. The van der Waals surface area contributed by atoms with Gasteiger partial charge in [-0.1, -0.05) is 51.5 Å². The molecule has 0 radical (unpaired) electrons. The van der Waals surface area contributed by atoms with Gasteiger partial charge < -0.3 is 9.15 Å². The maximum Gasteiger partial charge on any atom is 0.417 e. The largest absolute Gasteiger partial charge is 0.462 e. The van der Waals surface area contributed by atoms with Crippen molar-refractivity contribution in [1.82, 2.24) is 0 Å². The average molecular weight is 615 g/mol. The highest BCUT2D eigenvalue weighted by atomic mass is 32.2. The minimum absolute atomic E-state index is 0.0613. The van der Waals surface area contributed by atoms with Gasteiger partial charge in [-0.3, -0.25) is 0 Å². The lowest BCUT2D eigenvalue weighted by molar-refractivity contribution is -0.166. The number of esters is 1. The van der Waals surface area contributed by atoms with Gasteiger partial charge in [0, 0.05) is 32.6 Å². The number of carbonyl (C=O) groups is 1. The number of benzene rings is 2. The monoisotopic (exact) mass is 614 g/mol. The topological polar surface area (TPSA) is 56.5 Å². The number of hydrogen-bond donors (Lipinski definition) is 0. The van der Waals surface area contributed by atoms with Crippen molar-refractivity contribution < 1.29 is 40.3 Å². The second-order valence-corrected chi connectivity index (χ2v) is 11.8. The van der Waals surface area contributed by atoms with E-state index >= 15 is 0 Å². The molecule has 1 aromatic heterocycles. The molecular weight excluding hydrogens is 582 g/mol. The van der Waals surface area contributed by atoms with Gasteiger partial charge in [-0.2, -0.15) is 26.3 Å². The molecule has 2 aromatic carbocycles. The number of fused-ring (bicyclic) bond motifs is 1. The number of unbranched alkanes of at least 4 members (excludes halogenated alkanes) is 2. The summed E-state index contributed by atoms with van der Waals surface area (Å²) in [6.07, 6.45) is -7.35. The molecule has 0 spiro atoms. The van der Waals surface area contributed by atoms with Crippen molar-refractivity contribution in [3.05, 3.63) is 76.2 Å². The fourth-order valence-electron chi connectivity index (χ4n) is 4.41. The zero-order valence-corrected chi connectivity index (χ0v) is 24.3. The zero-order valence-electron chi connectivity index (χ0n) is 23.5. The molecule has 0 saturated carbocycles. The van der Waals surface area contributed by atoms with E-state index in [0.29, 0.717) is 22.3 Å². The number of ether oxygens (including phenoxy) is 1. The second kappa shape index (κ2) is 13.4. The summed E-state index contributed by atoms with van der Waals surface area (Å²) in [4.78, 5) is 25.1. The van der Waals surface area contributed by atoms with Crippen molar-refractivity contribution in [2.24, 2.45) is 5.41 Å². The molecule has 3 rings (SSSR count). The maximum atomic E-state index is 14.0. The number of thioether (sulfide) groups is 1. The molecule has 1 unspecified atom stereocenters. The first-order valence-electron chi connectivity index (χ1n) is 13.3. The summed E-state index contributed by atoms with van der Waals surface area (Å²) in [5, 5.41) is 0.350. The summed E-state index contributed by atoms with van der Waals surface area (Å²) >= 11 is 1.04. The smallest absolute Gasteiger partial charge is 0.417 e. The summed E-state index contributed by atoms with van der Waals surface area (Å²) in [5.74, 6) is -0.889. The number of rotatable bonds is 12. The number of carbonyl (C=O) groups excluding carboxylic acids is 1. The third-order valence-electron chi connectivity index (χ3n) is 6.57. The molecule has 0 bridgehead atoms. The molecule has 11 heteroatoms. The van der Waals surface area contributed by atoms with Crippen molar-refractivity contribution in [2.75, 3.05) is 12.4 Å². The number of alkyl halides is 6. The van der Waals surface area contributed by atoms with Gasteiger partial charge in [-0.15, -0.1) is 11.8 Å². The molecule has 1 heterocycles. The van der Waals surface area contributed by atoms with E-state index < -0.39 is 48.0 Å². The van der Waals surface area contributed by atoms with Crippen LogP contribution in [-0.2, 0) is 22.1 Å². The molecule has 42 heavy (non-hydrogen) atoms. The van der Waals surface area contributed by atoms with Gasteiger partial charge in [-0.25, -0.2) is 9.59 Å². The molecule has 0 aliphatic rings. The van der Waals surface area contributed by atoms with Crippen LogP contribution in [0.3, 0.4) is 0 Å². The third-order valence-corrected chi connectivity index (χ3v) is 8.00. The molecule has 4 nitrogen and oxygen atoms in total. The Morgan fingerprint density at radius 1 is 1.00 bits per heavy atom. The van der Waals surface area contributed by atoms with E-state index in [1.807, 2.05) is 6.92 Å². The maximum absolute atomic E-state index is 14.0. The van der Waals surface area contributed by atoms with Crippen LogP contribution in [0.1, 0.15) is 57.6 Å². The van der Waals surface area contributed by atoms with Gasteiger partial charge in [0.1, 0.15) is 5.58 Å². The summed E-state index contributed by atoms with van der Waals surface area (Å²) < 4.78 is 92.3. The number of halogens is 6. The molecule has 0 N–H and O–H groups in total. The Bertz CT molecular complexity index is 1490. The van der Waals surface area contributed by atoms with Crippen molar-refractivity contribution >= 4 is 28.7 Å². The van der Waals surface area contributed by atoms with Gasteiger partial charge in [-0.05, 0) is 49.6 Å². The van der Waals surface area contributed by atoms with E-state index in [4.69, 9.17) is 9.15 Å². The van der Waals surface area contributed by atoms with Crippen LogP contribution < -0.4 is 5.63 Å². The normalized spacial score (nSPS) is 13.6. The average Bonchev–Trinajstić information content (AvgIpc) is 2.89. The fourth-order valence-corrected chi connectivity index (χ4v) is 5.47. The van der Waals surface area contributed by atoms with Crippen LogP contribution in [0, 0.1) is 5.41 Å². The summed E-state index contributed by atoms with van der Waals surface area (Å²) in [6, 6.07) is 9.80. The van der Waals surface area contributed by atoms with Gasteiger partial charge in [0.25, 0.3) is 0 Å². The molecule has 0 aliphatic heterocycles. The molecule has 1 atom stereocenters. The zero-order chi connectivity index (χ0) is 31.3. The van der Waals surface area contributed by atoms with Crippen LogP contribution in [0.15, 0.2) is 68.7 Å². The predicted molar refractivity (Wildman–Crippen MR) is 151 cm³/mol. The highest BCUT2D eigenvalue weighted by molar-refractivity contribution is 7.99. The first kappa shape index (κ1) is 33.3. The van der Waals surface area contributed by atoms with Crippen LogP contribution in [0.5, 0.6) is 0 Å². The van der Waals surface area contributed by atoms with Crippen LogP contribution >= 0.6 is 11.8 Å². The lowest BCUT2D eigenvalue weighted by Gasteiger charge is -2.29. The second-order valence-electron chi connectivity index (χ2n) is 10.7. The third kappa shape index (κ3) is 9.14. The van der Waals surface area contributed by atoms with Gasteiger partial charge in [0.2, 0.25) is 0 Å². The van der Waals surface area contributed by atoms with Gasteiger partial charge >= 0.3 is 23.9 Å². The number of aryl methyl sites for hydroxylation is 1. The first-order valence-corrected chi connectivity index (χ1v) is 14.3. The van der Waals surface area contributed by atoms with Gasteiger partial charge in [0.15, 0.2) is 0 Å². The number of hydrogen-bond acceptors (Lipinski definition) is 5. The van der Waals surface area contributed by atoms with Crippen molar-refractivity contribution in [3.63, 3.8) is 0 Å². The summed E-state index contributed by atoms with van der Waals surface area (Å²) in [7, 11) is 0. The quantitative estimate of drug-likeness (QED) is 0.0508. The van der Waals surface area contributed by atoms with E-state index in [0.717, 1.165) is 37.1 Å². The predicted octanol–water partition coefficient (Wildman–Crippen LogP) is 9.38. The Labute approximate surface area is 244 Å². The SMILES string of the molecule is C=C(C)C(=O)OCC(C)(CSc1ccc2cc(-c3ccc(CCCCC)cc3C(F)(F)F)c(=O)oc2c1)CC(F)(F)F. The van der Waals surface area contributed by atoms with Crippen molar-refractivity contribution in [3.8, 4) is 11.1 Å². The van der Waals surface area contributed by atoms with E-state index in [2.05, 4.69) is 6.58 Å². The lowest BCUT2D eigenvalue weighted by Crippen LogP contribution is -2.33. The van der Waals surface area contributed by atoms with Crippen LogP contribution in [0.2, 0.25) is 0 Å². The van der Waals surface area contributed by atoms with Crippen LogP contribution in [-0.4, -0.2) is 24.5 Å². The van der Waals surface area contributed by atoms with Crippen LogP contribution in [0.4, 0.5) is 26.3 Å². The Morgan fingerprint density at radius 3 is 2.33 bits per heavy atom. The molecule has 3 aromatic rings. The minimum atomic E-state index is -4.69. The van der Waals surface area contributed by atoms with Crippen molar-refractivity contribution in [1.29, 1.82) is 0 Å². The summed E-state index contributed by atoms with van der Waals surface area (Å²) in [5.41, 5.74) is -3.23. The van der Waals surface area contributed by atoms with E-state index in [1.54, 1.807) is 12.1 Å². The van der Waals surface area contributed by atoms with E-state index in [-0.39, 0.29) is 28.0 Å². The molecule has 0 aliphatic carbocycles. The lowest BCUT2D eigenvalue weighted by atomic mass is 9.90. The molecular formula is C31H32F6O4S. The van der Waals surface area contributed by atoms with Gasteiger partial charge in [0.05, 0.1) is 24.2 Å². The minimum Gasteiger partial charge on any atom is -0.462 e. The Kier molecular flexibility index (Phi) is 10.6. The standard InChI is InChI=1S/C31H32F6O4S/c1-5-6-7-8-20-9-12-23(25(13-20)31(35,36)37)24-14-21-10-11-22(15-26(21)41-28(24)39)42-18-29(4,16-30(32,33)34)17-40-27(38)19(2)3/h9-15H,2,5-8,16-18H2,1,3-4H3. The Morgan fingerprint density at radius 2 is 1.71 bits per heavy atom. The molecule has 0 fully saturated rings. The first-order chi connectivity index (χ1) is 19.5. The summed E-state index contributed by atoms with van der Waals surface area (Å²) in [6.45, 7) is 7.67. The highest BCUT2D eigenvalue weighted by Gasteiger charge is 2.40. The van der Waals surface area contributed by atoms with Crippen LogP contribution in [0.25, 0.3) is 22.1 Å². The van der Waals surface area contributed by atoms with E-state index in [1.165, 1.54) is 38.1 Å². The van der Waals surface area contributed by atoms with Crippen molar-refractivity contribution in [2.45, 2.75) is 70.1 Å². The molecule has 0 saturated heterocycles. The fraction of sp³-hybridized carbons (Fsp3) is 0.419. The van der Waals surface area contributed by atoms with E-state index in [9.17, 15) is 35.9 Å².